The number of likely N-dealkylation sites (tertiary alicyclic amines) is 1. The average Bonchev–Trinajstić information content (AvgIpc) is 3.21. The molecule has 172 valence electrons. The highest BCUT2D eigenvalue weighted by molar-refractivity contribution is 5.80. The largest absolute Gasteiger partial charge is 0.378 e. The van der Waals surface area contributed by atoms with E-state index in [0.29, 0.717) is 45.3 Å². The van der Waals surface area contributed by atoms with E-state index in [1.165, 1.54) is 18.2 Å². The van der Waals surface area contributed by atoms with Gasteiger partial charge in [-0.05, 0) is 32.0 Å². The summed E-state index contributed by atoms with van der Waals surface area (Å²) in [4.78, 5) is 26.2. The zero-order valence-corrected chi connectivity index (χ0v) is 18.4. The molecule has 2 aliphatic heterocycles. The highest BCUT2D eigenvalue weighted by Gasteiger charge is 2.40. The molecule has 3 heterocycles. The quantitative estimate of drug-likeness (QED) is 0.736. The lowest BCUT2D eigenvalue weighted by Gasteiger charge is -2.27. The summed E-state index contributed by atoms with van der Waals surface area (Å²) in [6, 6.07) is 5.70. The molecule has 2 saturated heterocycles. The third kappa shape index (κ3) is 5.05. The third-order valence-corrected chi connectivity index (χ3v) is 5.94. The number of nitrogens with zero attached hydrogens (tertiary/aromatic N) is 4. The number of aromatic nitrogens is 2. The van der Waals surface area contributed by atoms with Crippen LogP contribution in [0.1, 0.15) is 31.0 Å². The number of ether oxygens (including phenoxy) is 1. The van der Waals surface area contributed by atoms with Crippen molar-refractivity contribution in [3.05, 3.63) is 53.4 Å². The molecule has 7 nitrogen and oxygen atoms in total. The van der Waals surface area contributed by atoms with E-state index in [0.717, 1.165) is 5.69 Å². The van der Waals surface area contributed by atoms with E-state index >= 15 is 0 Å². The van der Waals surface area contributed by atoms with E-state index in [9.17, 15) is 13.6 Å². The number of rotatable bonds is 6. The zero-order chi connectivity index (χ0) is 22.7. The van der Waals surface area contributed by atoms with Gasteiger partial charge in [0.2, 0.25) is 11.9 Å². The van der Waals surface area contributed by atoms with Gasteiger partial charge in [0.15, 0.2) is 0 Å². The van der Waals surface area contributed by atoms with Crippen LogP contribution in [0.2, 0.25) is 0 Å². The van der Waals surface area contributed by atoms with Crippen molar-refractivity contribution >= 4 is 11.9 Å². The molecule has 0 aliphatic carbocycles. The summed E-state index contributed by atoms with van der Waals surface area (Å²) < 4.78 is 33.9. The number of carbonyl (C=O) groups is 1. The molecule has 1 N–H and O–H groups in total. The normalized spacial score (nSPS) is 21.8. The van der Waals surface area contributed by atoms with Gasteiger partial charge in [-0.3, -0.25) is 9.69 Å². The summed E-state index contributed by atoms with van der Waals surface area (Å²) in [6.45, 7) is 7.47. The number of morpholine rings is 1. The molecule has 2 aliphatic rings. The fraction of sp³-hybridized carbons (Fsp3) is 0.522. The van der Waals surface area contributed by atoms with Gasteiger partial charge < -0.3 is 15.0 Å². The first-order chi connectivity index (χ1) is 15.4. The van der Waals surface area contributed by atoms with Gasteiger partial charge in [0.05, 0.1) is 24.8 Å². The van der Waals surface area contributed by atoms with E-state index in [4.69, 9.17) is 9.72 Å². The Hall–Kier alpha value is -2.65. The molecule has 0 bridgehead atoms. The van der Waals surface area contributed by atoms with Crippen molar-refractivity contribution in [1.82, 2.24) is 20.2 Å². The van der Waals surface area contributed by atoms with Crippen LogP contribution in [-0.4, -0.2) is 66.2 Å². The van der Waals surface area contributed by atoms with Crippen LogP contribution in [0.5, 0.6) is 0 Å². The van der Waals surface area contributed by atoms with E-state index in [-0.39, 0.29) is 35.9 Å². The lowest BCUT2D eigenvalue weighted by molar-refractivity contribution is -0.125. The lowest BCUT2D eigenvalue weighted by Crippen LogP contribution is -2.39. The fourth-order valence-corrected chi connectivity index (χ4v) is 4.36. The smallest absolute Gasteiger partial charge is 0.225 e. The first kappa shape index (κ1) is 22.5. The summed E-state index contributed by atoms with van der Waals surface area (Å²) >= 11 is 0. The molecule has 0 radical (unpaired) electrons. The molecule has 0 unspecified atom stereocenters. The second kappa shape index (κ2) is 9.87. The van der Waals surface area contributed by atoms with Crippen LogP contribution in [0, 0.1) is 17.6 Å². The Labute approximate surface area is 186 Å². The molecule has 2 atom stereocenters. The minimum Gasteiger partial charge on any atom is -0.378 e. The molecule has 1 aromatic carbocycles. The second-order valence-corrected chi connectivity index (χ2v) is 8.65. The van der Waals surface area contributed by atoms with Crippen molar-refractivity contribution in [3.63, 3.8) is 0 Å². The minimum atomic E-state index is -0.576. The van der Waals surface area contributed by atoms with Crippen molar-refractivity contribution < 1.29 is 18.3 Å². The van der Waals surface area contributed by atoms with Crippen molar-refractivity contribution in [3.8, 4) is 0 Å². The van der Waals surface area contributed by atoms with Gasteiger partial charge in [0, 0.05) is 56.4 Å². The molecular weight excluding hydrogens is 416 g/mol. The molecule has 2 fully saturated rings. The first-order valence-corrected chi connectivity index (χ1v) is 11.0. The Morgan fingerprint density at radius 3 is 2.59 bits per heavy atom. The highest BCUT2D eigenvalue weighted by atomic mass is 19.1. The van der Waals surface area contributed by atoms with Gasteiger partial charge >= 0.3 is 0 Å². The standard InChI is InChI=1S/C23H29F2N5O2/c1-15(2)27-22(31)17-13-29(14-18-19(24)4-3-5-20(18)25)12-16(17)21-6-7-26-23(28-21)30-8-10-32-11-9-30/h3-7,15-17H,8-14H2,1-2H3,(H,27,31)/t16-,17-/m0/s1. The molecular formula is C23H29F2N5O2. The van der Waals surface area contributed by atoms with E-state index in [1.54, 1.807) is 6.20 Å². The number of nitrogens with one attached hydrogen (secondary N) is 1. The maximum absolute atomic E-state index is 14.2. The van der Waals surface area contributed by atoms with Crippen LogP contribution in [0.4, 0.5) is 14.7 Å². The molecule has 9 heteroatoms. The monoisotopic (exact) mass is 445 g/mol. The molecule has 1 amide bonds. The number of hydrogen-bond donors (Lipinski definition) is 1. The highest BCUT2D eigenvalue weighted by Crippen LogP contribution is 2.34. The Kier molecular flexibility index (Phi) is 6.95. The van der Waals surface area contributed by atoms with Crippen molar-refractivity contribution in [1.29, 1.82) is 0 Å². The Bertz CT molecular complexity index is 931. The predicted molar refractivity (Wildman–Crippen MR) is 116 cm³/mol. The van der Waals surface area contributed by atoms with Crippen LogP contribution in [0.15, 0.2) is 30.5 Å². The van der Waals surface area contributed by atoms with Crippen LogP contribution in [-0.2, 0) is 16.1 Å². The molecule has 0 saturated carbocycles. The number of anilines is 1. The molecule has 32 heavy (non-hydrogen) atoms. The summed E-state index contributed by atoms with van der Waals surface area (Å²) in [7, 11) is 0. The SMILES string of the molecule is CC(C)NC(=O)[C@H]1CN(Cc2c(F)cccc2F)C[C@@H]1c1ccnc(N2CCOCC2)n1. The number of carbonyl (C=O) groups excluding carboxylic acids is 1. The van der Waals surface area contributed by atoms with E-state index in [2.05, 4.69) is 15.2 Å². The topological polar surface area (TPSA) is 70.6 Å². The molecule has 1 aromatic heterocycles. The van der Waals surface area contributed by atoms with Gasteiger partial charge in [-0.1, -0.05) is 6.07 Å². The molecule has 4 rings (SSSR count). The number of hydrogen-bond acceptors (Lipinski definition) is 6. The van der Waals surface area contributed by atoms with Gasteiger partial charge in [-0.15, -0.1) is 0 Å². The summed E-state index contributed by atoms with van der Waals surface area (Å²) in [5.41, 5.74) is 0.787. The Morgan fingerprint density at radius 1 is 1.19 bits per heavy atom. The maximum atomic E-state index is 14.2. The summed E-state index contributed by atoms with van der Waals surface area (Å²) in [6.07, 6.45) is 1.71. The zero-order valence-electron chi connectivity index (χ0n) is 18.4. The van der Waals surface area contributed by atoms with E-state index < -0.39 is 11.6 Å². The lowest BCUT2D eigenvalue weighted by atomic mass is 9.91. The van der Waals surface area contributed by atoms with Crippen molar-refractivity contribution in [2.24, 2.45) is 5.92 Å². The Balaban J connectivity index is 1.58. The Morgan fingerprint density at radius 2 is 1.91 bits per heavy atom. The molecule has 0 spiro atoms. The summed E-state index contributed by atoms with van der Waals surface area (Å²) in [5.74, 6) is -1.19. The number of benzene rings is 1. The van der Waals surface area contributed by atoms with Gasteiger partial charge in [0.1, 0.15) is 11.6 Å². The number of amides is 1. The van der Waals surface area contributed by atoms with Crippen LogP contribution >= 0.6 is 0 Å². The van der Waals surface area contributed by atoms with Gasteiger partial charge in [0.25, 0.3) is 0 Å². The van der Waals surface area contributed by atoms with Gasteiger partial charge in [-0.25, -0.2) is 18.7 Å². The first-order valence-electron chi connectivity index (χ1n) is 11.0. The van der Waals surface area contributed by atoms with Crippen LogP contribution in [0.3, 0.4) is 0 Å². The van der Waals surface area contributed by atoms with Crippen LogP contribution in [0.25, 0.3) is 0 Å². The van der Waals surface area contributed by atoms with Crippen molar-refractivity contribution in [2.75, 3.05) is 44.3 Å². The summed E-state index contributed by atoms with van der Waals surface area (Å²) in [5, 5.41) is 2.99. The third-order valence-electron chi connectivity index (χ3n) is 5.94. The second-order valence-electron chi connectivity index (χ2n) is 8.65. The fourth-order valence-electron chi connectivity index (χ4n) is 4.36. The maximum Gasteiger partial charge on any atom is 0.225 e. The molecule has 2 aromatic rings. The number of halogens is 2. The minimum absolute atomic E-state index is 0.00415. The van der Waals surface area contributed by atoms with Gasteiger partial charge in [-0.2, -0.15) is 0 Å². The van der Waals surface area contributed by atoms with Crippen molar-refractivity contribution in [2.45, 2.75) is 32.4 Å². The van der Waals surface area contributed by atoms with E-state index in [1.807, 2.05) is 24.8 Å². The average molecular weight is 446 g/mol. The van der Waals surface area contributed by atoms with Crippen LogP contribution < -0.4 is 10.2 Å². The predicted octanol–water partition coefficient (Wildman–Crippen LogP) is 2.33.